The van der Waals surface area contributed by atoms with Crippen LogP contribution >= 0.6 is 12.2 Å². The van der Waals surface area contributed by atoms with Gasteiger partial charge in [0, 0.05) is 6.61 Å². The Bertz CT molecular complexity index is 592. The minimum atomic E-state index is 0.0710. The van der Waals surface area contributed by atoms with Gasteiger partial charge in [-0.2, -0.15) is 4.98 Å². The number of hydrogen-bond acceptors (Lipinski definition) is 5. The van der Waals surface area contributed by atoms with E-state index in [-0.39, 0.29) is 6.10 Å². The highest BCUT2D eigenvalue weighted by Gasteiger charge is 2.13. The lowest BCUT2D eigenvalue weighted by Crippen LogP contribution is -2.16. The number of aromatic amines is 1. The van der Waals surface area contributed by atoms with E-state index in [2.05, 4.69) is 15.0 Å². The zero-order valence-electron chi connectivity index (χ0n) is 10.6. The number of methoxy groups -OCH3 is 1. The molecule has 18 heavy (non-hydrogen) atoms. The van der Waals surface area contributed by atoms with Crippen molar-refractivity contribution in [1.82, 2.24) is 19.5 Å². The Morgan fingerprint density at radius 2 is 2.28 bits per heavy atom. The molecule has 0 fully saturated rings. The molecule has 0 bridgehead atoms. The normalized spacial score (nSPS) is 12.8. The predicted molar refractivity (Wildman–Crippen MR) is 70.4 cm³/mol. The van der Waals surface area contributed by atoms with Gasteiger partial charge in [0.25, 0.3) is 0 Å². The van der Waals surface area contributed by atoms with Crippen LogP contribution in [0.2, 0.25) is 0 Å². The molecule has 0 aliphatic carbocycles. The van der Waals surface area contributed by atoms with E-state index in [0.717, 1.165) is 5.65 Å². The Labute approximate surface area is 110 Å². The quantitative estimate of drug-likeness (QED) is 0.839. The monoisotopic (exact) mass is 268 g/mol. The highest BCUT2D eigenvalue weighted by Crippen LogP contribution is 2.20. The van der Waals surface area contributed by atoms with Gasteiger partial charge in [-0.05, 0) is 26.1 Å². The second-order valence-corrected chi connectivity index (χ2v) is 4.27. The largest absolute Gasteiger partial charge is 0.479 e. The van der Waals surface area contributed by atoms with Gasteiger partial charge in [-0.1, -0.05) is 0 Å². The molecule has 0 aliphatic rings. The smallest absolute Gasteiger partial charge is 0.242 e. The highest BCUT2D eigenvalue weighted by atomic mass is 32.1. The summed E-state index contributed by atoms with van der Waals surface area (Å²) >= 11 is 5.29. The first-order valence-electron chi connectivity index (χ1n) is 5.76. The van der Waals surface area contributed by atoms with Crippen molar-refractivity contribution < 1.29 is 9.47 Å². The van der Waals surface area contributed by atoms with E-state index in [0.29, 0.717) is 29.3 Å². The maximum absolute atomic E-state index is 5.52. The molecule has 6 nitrogen and oxygen atoms in total. The molecule has 2 heterocycles. The summed E-state index contributed by atoms with van der Waals surface area (Å²) < 4.78 is 13.2. The predicted octanol–water partition coefficient (Wildman–Crippen LogP) is 1.92. The summed E-state index contributed by atoms with van der Waals surface area (Å²) in [6.45, 7) is 5.29. The van der Waals surface area contributed by atoms with E-state index in [4.69, 9.17) is 21.7 Å². The van der Waals surface area contributed by atoms with Crippen LogP contribution in [0.4, 0.5) is 0 Å². The molecule has 2 aromatic heterocycles. The number of hydrogen-bond donors (Lipinski definition) is 1. The molecule has 0 saturated heterocycles. The van der Waals surface area contributed by atoms with Crippen LogP contribution in [-0.4, -0.2) is 39.3 Å². The van der Waals surface area contributed by atoms with E-state index in [1.807, 2.05) is 18.4 Å². The van der Waals surface area contributed by atoms with Gasteiger partial charge in [0.2, 0.25) is 5.88 Å². The van der Waals surface area contributed by atoms with Crippen molar-refractivity contribution in [2.75, 3.05) is 13.7 Å². The Hall–Kier alpha value is -1.47. The molecule has 2 aromatic rings. The molecule has 1 N–H and O–H groups in total. The van der Waals surface area contributed by atoms with Gasteiger partial charge in [-0.3, -0.25) is 4.57 Å². The lowest BCUT2D eigenvalue weighted by atomic mass is 10.4. The summed E-state index contributed by atoms with van der Waals surface area (Å²) in [5.74, 6) is 0.494. The molecular weight excluding hydrogens is 252 g/mol. The van der Waals surface area contributed by atoms with Gasteiger partial charge in [-0.15, -0.1) is 0 Å². The van der Waals surface area contributed by atoms with Crippen LogP contribution in [0.5, 0.6) is 5.88 Å². The molecule has 0 spiro atoms. The molecule has 98 valence electrons. The van der Waals surface area contributed by atoms with Crippen LogP contribution in [0.25, 0.3) is 11.2 Å². The Morgan fingerprint density at radius 1 is 1.50 bits per heavy atom. The second-order valence-electron chi connectivity index (χ2n) is 3.89. The third kappa shape index (κ3) is 2.37. The third-order valence-corrected chi connectivity index (χ3v) is 2.93. The van der Waals surface area contributed by atoms with Crippen LogP contribution in [0, 0.1) is 4.77 Å². The fourth-order valence-corrected chi connectivity index (χ4v) is 2.13. The number of H-pyrrole nitrogens is 1. The summed E-state index contributed by atoms with van der Waals surface area (Å²) in [5, 5.41) is 0. The molecule has 0 amide bonds. The SMILES string of the molecule is CCOC(C)Cn1c(=S)[nH]c2c(OC)ncnc21. The van der Waals surface area contributed by atoms with E-state index >= 15 is 0 Å². The first kappa shape index (κ1) is 13.0. The first-order chi connectivity index (χ1) is 8.67. The van der Waals surface area contributed by atoms with Crippen molar-refractivity contribution in [3.8, 4) is 5.88 Å². The van der Waals surface area contributed by atoms with Gasteiger partial charge >= 0.3 is 0 Å². The van der Waals surface area contributed by atoms with Crippen molar-refractivity contribution in [2.24, 2.45) is 0 Å². The van der Waals surface area contributed by atoms with Crippen molar-refractivity contribution >= 4 is 23.4 Å². The third-order valence-electron chi connectivity index (χ3n) is 2.61. The zero-order valence-corrected chi connectivity index (χ0v) is 11.5. The number of aromatic nitrogens is 4. The lowest BCUT2D eigenvalue weighted by Gasteiger charge is -2.12. The lowest BCUT2D eigenvalue weighted by molar-refractivity contribution is 0.0644. The molecule has 7 heteroatoms. The van der Waals surface area contributed by atoms with Crippen LogP contribution in [0.3, 0.4) is 0 Å². The van der Waals surface area contributed by atoms with Crippen LogP contribution in [0.1, 0.15) is 13.8 Å². The van der Waals surface area contributed by atoms with Crippen molar-refractivity contribution in [3.05, 3.63) is 11.1 Å². The van der Waals surface area contributed by atoms with Crippen molar-refractivity contribution in [1.29, 1.82) is 0 Å². The van der Waals surface area contributed by atoms with E-state index < -0.39 is 0 Å². The molecule has 0 saturated carbocycles. The Balaban J connectivity index is 2.45. The van der Waals surface area contributed by atoms with Gasteiger partial charge in [-0.25, -0.2) is 4.98 Å². The summed E-state index contributed by atoms with van der Waals surface area (Å²) in [5.41, 5.74) is 1.45. The Kier molecular flexibility index (Phi) is 3.93. The van der Waals surface area contributed by atoms with E-state index in [1.165, 1.54) is 6.33 Å². The van der Waals surface area contributed by atoms with Crippen LogP contribution in [-0.2, 0) is 11.3 Å². The molecule has 0 radical (unpaired) electrons. The van der Waals surface area contributed by atoms with Crippen LogP contribution < -0.4 is 4.74 Å². The highest BCUT2D eigenvalue weighted by molar-refractivity contribution is 7.71. The standard InChI is InChI=1S/C11H16N4O2S/c1-4-17-7(2)5-15-9-8(14-11(15)18)10(16-3)13-6-12-9/h6-7H,4-5H2,1-3H3,(H,14,18). The first-order valence-corrected chi connectivity index (χ1v) is 6.17. The summed E-state index contributed by atoms with van der Waals surface area (Å²) in [7, 11) is 1.57. The molecule has 0 aromatic carbocycles. The number of ether oxygens (including phenoxy) is 2. The molecule has 1 unspecified atom stereocenters. The maximum Gasteiger partial charge on any atom is 0.242 e. The second kappa shape index (κ2) is 5.45. The number of fused-ring (bicyclic) bond motifs is 1. The van der Waals surface area contributed by atoms with Gasteiger partial charge in [0.15, 0.2) is 10.4 Å². The van der Waals surface area contributed by atoms with Gasteiger partial charge < -0.3 is 14.5 Å². The Morgan fingerprint density at radius 3 is 2.94 bits per heavy atom. The molecule has 1 atom stereocenters. The number of rotatable bonds is 5. The van der Waals surface area contributed by atoms with Crippen molar-refractivity contribution in [3.63, 3.8) is 0 Å². The fourth-order valence-electron chi connectivity index (χ4n) is 1.86. The van der Waals surface area contributed by atoms with Crippen molar-refractivity contribution in [2.45, 2.75) is 26.5 Å². The topological polar surface area (TPSA) is 65.0 Å². The minimum Gasteiger partial charge on any atom is -0.479 e. The van der Waals surface area contributed by atoms with E-state index in [9.17, 15) is 0 Å². The number of nitrogens with zero attached hydrogens (tertiary/aromatic N) is 3. The fraction of sp³-hybridized carbons (Fsp3) is 0.545. The maximum atomic E-state index is 5.52. The molecule has 2 rings (SSSR count). The van der Waals surface area contributed by atoms with Crippen LogP contribution in [0.15, 0.2) is 6.33 Å². The zero-order chi connectivity index (χ0) is 13.1. The molecular formula is C11H16N4O2S. The summed E-state index contributed by atoms with van der Waals surface area (Å²) in [6.07, 6.45) is 1.53. The van der Waals surface area contributed by atoms with Gasteiger partial charge in [0.05, 0.1) is 19.8 Å². The number of imidazole rings is 1. The number of nitrogens with one attached hydrogen (secondary N) is 1. The van der Waals surface area contributed by atoms with Gasteiger partial charge in [0.1, 0.15) is 11.8 Å². The molecule has 0 aliphatic heterocycles. The minimum absolute atomic E-state index is 0.0710. The summed E-state index contributed by atoms with van der Waals surface area (Å²) in [6, 6.07) is 0. The average Bonchev–Trinajstić information content (AvgIpc) is 2.66. The summed E-state index contributed by atoms with van der Waals surface area (Å²) in [4.78, 5) is 11.3. The van der Waals surface area contributed by atoms with E-state index in [1.54, 1.807) is 7.11 Å². The average molecular weight is 268 g/mol.